The highest BCUT2D eigenvalue weighted by Gasteiger charge is 2.28. The van der Waals surface area contributed by atoms with Crippen molar-refractivity contribution in [2.24, 2.45) is 5.92 Å². The van der Waals surface area contributed by atoms with Crippen molar-refractivity contribution >= 4 is 22.7 Å². The quantitative estimate of drug-likeness (QED) is 0.327. The van der Waals surface area contributed by atoms with E-state index in [1.165, 1.54) is 0 Å². The van der Waals surface area contributed by atoms with Crippen molar-refractivity contribution in [1.29, 1.82) is 0 Å². The van der Waals surface area contributed by atoms with E-state index in [1.807, 2.05) is 37.3 Å². The summed E-state index contributed by atoms with van der Waals surface area (Å²) in [6.07, 6.45) is 0.910. The van der Waals surface area contributed by atoms with Gasteiger partial charge < -0.3 is 15.4 Å². The van der Waals surface area contributed by atoms with Crippen LogP contribution in [0, 0.1) is 12.8 Å². The number of ether oxygens (including phenoxy) is 1. The van der Waals surface area contributed by atoms with Crippen molar-refractivity contribution in [3.63, 3.8) is 0 Å². The minimum absolute atomic E-state index is 0.0383. The Morgan fingerprint density at radius 1 is 1.18 bits per heavy atom. The van der Waals surface area contributed by atoms with Gasteiger partial charge in [0.15, 0.2) is 0 Å². The highest BCUT2D eigenvalue weighted by atomic mass is 16.5. The molecule has 2 atom stereocenters. The first kappa shape index (κ1) is 22.7. The molecule has 0 unspecified atom stereocenters. The average Bonchev–Trinajstić information content (AvgIpc) is 2.83. The molecule has 172 valence electrons. The Kier molecular flexibility index (Phi) is 7.16. The number of rotatable bonds is 7. The molecule has 0 radical (unpaired) electrons. The zero-order valence-corrected chi connectivity index (χ0v) is 18.5. The minimum Gasteiger partial charge on any atom is -0.489 e. The molecule has 2 heterocycles. The Morgan fingerprint density at radius 2 is 1.97 bits per heavy atom. The smallest absolute Gasteiger partial charge is 0.251 e. The summed E-state index contributed by atoms with van der Waals surface area (Å²) in [5.41, 5.74) is 5.12. The van der Waals surface area contributed by atoms with Crippen LogP contribution in [-0.2, 0) is 11.4 Å². The normalized spacial score (nSPS) is 18.0. The number of carbonyl (C=O) groups is 2. The standard InChI is InChI=1S/C25H28N4O4/c1-16-12-19(21-4-2-3-5-22(21)27-16)15-33-20-8-6-17(7-9-20)25(31)28-23-14-26-11-10-18(23)13-24(30)29-32/h2-9,12,18,23,26,32H,10-11,13-15H2,1H3,(H,28,31)(H,29,30)/t18-,23+/m0/s1. The van der Waals surface area contributed by atoms with Crippen LogP contribution in [0.3, 0.4) is 0 Å². The number of hydroxylamine groups is 1. The molecule has 1 aliphatic heterocycles. The third-order valence-corrected chi connectivity index (χ3v) is 5.95. The van der Waals surface area contributed by atoms with Crippen molar-refractivity contribution in [3.05, 3.63) is 71.4 Å². The predicted octanol–water partition coefficient (Wildman–Crippen LogP) is 2.73. The Morgan fingerprint density at radius 3 is 2.76 bits per heavy atom. The molecule has 0 aliphatic carbocycles. The zero-order valence-electron chi connectivity index (χ0n) is 18.5. The molecule has 8 nitrogen and oxygen atoms in total. The summed E-state index contributed by atoms with van der Waals surface area (Å²) >= 11 is 0. The molecule has 1 aromatic heterocycles. The van der Waals surface area contributed by atoms with E-state index in [1.54, 1.807) is 29.7 Å². The molecule has 33 heavy (non-hydrogen) atoms. The number of piperidine rings is 1. The SMILES string of the molecule is Cc1cc(COc2ccc(C(=O)N[C@@H]3CNCC[C@H]3CC(=O)NO)cc2)c2ccccc2n1. The fourth-order valence-electron chi connectivity index (χ4n) is 4.24. The molecular weight excluding hydrogens is 420 g/mol. The van der Waals surface area contributed by atoms with Crippen molar-refractivity contribution in [1.82, 2.24) is 21.1 Å². The van der Waals surface area contributed by atoms with Crippen LogP contribution in [0.15, 0.2) is 54.6 Å². The van der Waals surface area contributed by atoms with Gasteiger partial charge in [0.25, 0.3) is 5.91 Å². The molecular formula is C25H28N4O4. The number of benzene rings is 2. The molecule has 3 aromatic rings. The molecule has 1 saturated heterocycles. The number of nitrogens with zero attached hydrogens (tertiary/aromatic N) is 1. The lowest BCUT2D eigenvalue weighted by molar-refractivity contribution is -0.130. The van der Waals surface area contributed by atoms with E-state index < -0.39 is 5.91 Å². The number of aryl methyl sites for hydroxylation is 1. The van der Waals surface area contributed by atoms with Gasteiger partial charge in [-0.25, -0.2) is 5.48 Å². The average molecular weight is 449 g/mol. The molecule has 0 spiro atoms. The van der Waals surface area contributed by atoms with Gasteiger partial charge in [0.1, 0.15) is 12.4 Å². The van der Waals surface area contributed by atoms with Crippen molar-refractivity contribution in [2.75, 3.05) is 13.1 Å². The largest absolute Gasteiger partial charge is 0.489 e. The highest BCUT2D eigenvalue weighted by molar-refractivity contribution is 5.94. The fraction of sp³-hybridized carbons (Fsp3) is 0.320. The van der Waals surface area contributed by atoms with Crippen LogP contribution < -0.4 is 20.9 Å². The van der Waals surface area contributed by atoms with Gasteiger partial charge >= 0.3 is 0 Å². The molecule has 2 aromatic carbocycles. The van der Waals surface area contributed by atoms with Gasteiger partial charge in [0, 0.05) is 41.2 Å². The maximum absolute atomic E-state index is 12.8. The summed E-state index contributed by atoms with van der Waals surface area (Å²) in [6.45, 7) is 3.72. The zero-order chi connectivity index (χ0) is 23.2. The number of para-hydroxylation sites is 1. The van der Waals surface area contributed by atoms with Crippen LogP contribution in [0.25, 0.3) is 10.9 Å². The van der Waals surface area contributed by atoms with E-state index in [0.717, 1.165) is 35.1 Å². The second-order valence-electron chi connectivity index (χ2n) is 8.32. The molecule has 4 rings (SSSR count). The summed E-state index contributed by atoms with van der Waals surface area (Å²) < 4.78 is 5.98. The summed E-state index contributed by atoms with van der Waals surface area (Å²) in [5, 5.41) is 16.1. The van der Waals surface area contributed by atoms with Crippen LogP contribution in [0.4, 0.5) is 0 Å². The van der Waals surface area contributed by atoms with E-state index in [2.05, 4.69) is 15.6 Å². The first-order valence-electron chi connectivity index (χ1n) is 11.1. The van der Waals surface area contributed by atoms with Crippen LogP contribution in [0.2, 0.25) is 0 Å². The highest BCUT2D eigenvalue weighted by Crippen LogP contribution is 2.22. The molecule has 0 saturated carbocycles. The van der Waals surface area contributed by atoms with Gasteiger partial charge in [-0.1, -0.05) is 18.2 Å². The number of hydrogen-bond acceptors (Lipinski definition) is 6. The van der Waals surface area contributed by atoms with Gasteiger partial charge in [-0.05, 0) is 62.2 Å². The van der Waals surface area contributed by atoms with Gasteiger partial charge in [-0.15, -0.1) is 0 Å². The monoisotopic (exact) mass is 448 g/mol. The van der Waals surface area contributed by atoms with Gasteiger partial charge in [0.05, 0.1) is 5.52 Å². The van der Waals surface area contributed by atoms with Crippen LogP contribution in [-0.4, -0.2) is 41.1 Å². The molecule has 4 N–H and O–H groups in total. The lowest BCUT2D eigenvalue weighted by atomic mass is 9.89. The van der Waals surface area contributed by atoms with Crippen LogP contribution in [0.5, 0.6) is 5.75 Å². The number of aromatic nitrogens is 1. The molecule has 2 amide bonds. The number of carbonyl (C=O) groups excluding carboxylic acids is 2. The number of hydrogen-bond donors (Lipinski definition) is 4. The first-order chi connectivity index (χ1) is 16.0. The predicted molar refractivity (Wildman–Crippen MR) is 124 cm³/mol. The van der Waals surface area contributed by atoms with Gasteiger partial charge in [-0.2, -0.15) is 0 Å². The maximum atomic E-state index is 12.8. The number of amides is 2. The van der Waals surface area contributed by atoms with E-state index in [9.17, 15) is 9.59 Å². The van der Waals surface area contributed by atoms with E-state index in [4.69, 9.17) is 9.94 Å². The van der Waals surface area contributed by atoms with Crippen LogP contribution in [0.1, 0.15) is 34.5 Å². The number of nitrogens with one attached hydrogen (secondary N) is 3. The van der Waals surface area contributed by atoms with Crippen molar-refractivity contribution in [2.45, 2.75) is 32.4 Å². The first-order valence-corrected chi connectivity index (χ1v) is 11.1. The van der Waals surface area contributed by atoms with E-state index in [0.29, 0.717) is 24.5 Å². The lowest BCUT2D eigenvalue weighted by Gasteiger charge is -2.32. The topological polar surface area (TPSA) is 113 Å². The Balaban J connectivity index is 1.38. The summed E-state index contributed by atoms with van der Waals surface area (Å²) in [7, 11) is 0. The maximum Gasteiger partial charge on any atom is 0.251 e. The third kappa shape index (κ3) is 5.66. The van der Waals surface area contributed by atoms with Crippen LogP contribution >= 0.6 is 0 Å². The van der Waals surface area contributed by atoms with Crippen molar-refractivity contribution < 1.29 is 19.5 Å². The second-order valence-corrected chi connectivity index (χ2v) is 8.32. The van der Waals surface area contributed by atoms with Crippen molar-refractivity contribution in [3.8, 4) is 5.75 Å². The van der Waals surface area contributed by atoms with E-state index in [-0.39, 0.29) is 24.3 Å². The Labute approximate surface area is 192 Å². The third-order valence-electron chi connectivity index (χ3n) is 5.95. The van der Waals surface area contributed by atoms with E-state index >= 15 is 0 Å². The summed E-state index contributed by atoms with van der Waals surface area (Å²) in [6, 6.07) is 16.8. The summed E-state index contributed by atoms with van der Waals surface area (Å²) in [5.74, 6) is -0.0225. The van der Waals surface area contributed by atoms with Gasteiger partial charge in [-0.3, -0.25) is 19.8 Å². The Bertz CT molecular complexity index is 1130. The molecule has 1 aliphatic rings. The molecule has 8 heteroatoms. The summed E-state index contributed by atoms with van der Waals surface area (Å²) in [4.78, 5) is 28.9. The minimum atomic E-state index is -0.445. The van der Waals surface area contributed by atoms with Gasteiger partial charge in [0.2, 0.25) is 5.91 Å². The second kappa shape index (κ2) is 10.4. The Hall–Kier alpha value is -3.49. The lowest BCUT2D eigenvalue weighted by Crippen LogP contribution is -2.52. The number of fused-ring (bicyclic) bond motifs is 1. The molecule has 1 fully saturated rings. The molecule has 0 bridgehead atoms. The number of pyridine rings is 1. The fourth-order valence-corrected chi connectivity index (χ4v) is 4.24.